The minimum absolute atomic E-state index is 0.410. The minimum Gasteiger partial charge on any atom is -0.303 e. The van der Waals surface area contributed by atoms with Crippen LogP contribution in [0.4, 0.5) is 0 Å². The zero-order valence-electron chi connectivity index (χ0n) is 9.25. The summed E-state index contributed by atoms with van der Waals surface area (Å²) in [7, 11) is 0. The molecule has 0 saturated carbocycles. The van der Waals surface area contributed by atoms with Crippen LogP contribution >= 0.6 is 11.6 Å². The van der Waals surface area contributed by atoms with E-state index in [0.29, 0.717) is 11.4 Å². The average molecular weight is 234 g/mol. The van der Waals surface area contributed by atoms with E-state index in [-0.39, 0.29) is 0 Å². The SMILES string of the molecule is Cc1nc2ccc(Cl)cc2c(C)c1CC=O. The van der Waals surface area contributed by atoms with Gasteiger partial charge in [0.05, 0.1) is 5.52 Å². The molecule has 2 rings (SSSR count). The molecule has 0 aliphatic heterocycles. The second kappa shape index (κ2) is 4.22. The first-order chi connectivity index (χ1) is 7.63. The van der Waals surface area contributed by atoms with Gasteiger partial charge in [0.15, 0.2) is 0 Å². The van der Waals surface area contributed by atoms with Crippen molar-refractivity contribution in [2.45, 2.75) is 20.3 Å². The number of halogens is 1. The quantitative estimate of drug-likeness (QED) is 0.746. The van der Waals surface area contributed by atoms with E-state index < -0.39 is 0 Å². The van der Waals surface area contributed by atoms with Crippen LogP contribution in [0.15, 0.2) is 18.2 Å². The molecule has 0 amide bonds. The van der Waals surface area contributed by atoms with E-state index in [1.54, 1.807) is 0 Å². The van der Waals surface area contributed by atoms with Gasteiger partial charge in [-0.05, 0) is 43.2 Å². The molecule has 0 spiro atoms. The van der Waals surface area contributed by atoms with Crippen molar-refractivity contribution in [1.29, 1.82) is 0 Å². The lowest BCUT2D eigenvalue weighted by Gasteiger charge is -2.10. The predicted octanol–water partition coefficient (Wildman–Crippen LogP) is 3.25. The van der Waals surface area contributed by atoms with Gasteiger partial charge >= 0.3 is 0 Å². The van der Waals surface area contributed by atoms with Gasteiger partial charge in [-0.1, -0.05) is 11.6 Å². The van der Waals surface area contributed by atoms with Crippen molar-refractivity contribution in [3.05, 3.63) is 40.0 Å². The molecule has 1 aromatic heterocycles. The monoisotopic (exact) mass is 233 g/mol. The first kappa shape index (κ1) is 11.1. The number of carbonyl (C=O) groups excluding carboxylic acids is 1. The van der Waals surface area contributed by atoms with Crippen LogP contribution in [0.3, 0.4) is 0 Å². The summed E-state index contributed by atoms with van der Waals surface area (Å²) in [6.07, 6.45) is 1.32. The van der Waals surface area contributed by atoms with E-state index in [9.17, 15) is 4.79 Å². The van der Waals surface area contributed by atoms with Crippen LogP contribution in [-0.4, -0.2) is 11.3 Å². The second-order valence-electron chi connectivity index (χ2n) is 3.83. The summed E-state index contributed by atoms with van der Waals surface area (Å²) in [5, 5.41) is 1.72. The average Bonchev–Trinajstić information content (AvgIpc) is 2.26. The highest BCUT2D eigenvalue weighted by atomic mass is 35.5. The van der Waals surface area contributed by atoms with Gasteiger partial charge in [-0.15, -0.1) is 0 Å². The van der Waals surface area contributed by atoms with Crippen LogP contribution in [0.25, 0.3) is 10.9 Å². The summed E-state index contributed by atoms with van der Waals surface area (Å²) in [6.45, 7) is 3.94. The first-order valence-electron chi connectivity index (χ1n) is 5.12. The zero-order chi connectivity index (χ0) is 11.7. The lowest BCUT2D eigenvalue weighted by molar-refractivity contribution is -0.107. The maximum absolute atomic E-state index is 10.6. The third-order valence-electron chi connectivity index (χ3n) is 2.83. The Bertz CT molecular complexity index is 563. The van der Waals surface area contributed by atoms with Crippen molar-refractivity contribution < 1.29 is 4.79 Å². The third kappa shape index (κ3) is 1.81. The molecule has 0 bridgehead atoms. The van der Waals surface area contributed by atoms with Crippen molar-refractivity contribution in [3.8, 4) is 0 Å². The van der Waals surface area contributed by atoms with Crippen molar-refractivity contribution in [1.82, 2.24) is 4.98 Å². The second-order valence-corrected chi connectivity index (χ2v) is 4.27. The standard InChI is InChI=1S/C13H12ClNO/c1-8-11(5-6-16)9(2)15-13-4-3-10(14)7-12(8)13/h3-4,6-7H,5H2,1-2H3. The molecule has 0 aliphatic rings. The Morgan fingerprint density at radius 1 is 1.38 bits per heavy atom. The number of nitrogens with zero attached hydrogens (tertiary/aromatic N) is 1. The molecule has 82 valence electrons. The topological polar surface area (TPSA) is 30.0 Å². The lowest BCUT2D eigenvalue weighted by Crippen LogP contribution is -1.99. The van der Waals surface area contributed by atoms with Crippen LogP contribution in [0, 0.1) is 13.8 Å². The van der Waals surface area contributed by atoms with Crippen LogP contribution in [0.2, 0.25) is 5.02 Å². The maximum Gasteiger partial charge on any atom is 0.124 e. The molecule has 0 saturated heterocycles. The highest BCUT2D eigenvalue weighted by molar-refractivity contribution is 6.31. The fraction of sp³-hybridized carbons (Fsp3) is 0.231. The van der Waals surface area contributed by atoms with Gasteiger partial charge in [0, 0.05) is 22.5 Å². The van der Waals surface area contributed by atoms with E-state index in [1.807, 2.05) is 32.0 Å². The van der Waals surface area contributed by atoms with Crippen LogP contribution in [0.5, 0.6) is 0 Å². The smallest absolute Gasteiger partial charge is 0.124 e. The zero-order valence-corrected chi connectivity index (χ0v) is 10.0. The minimum atomic E-state index is 0.410. The van der Waals surface area contributed by atoms with Gasteiger partial charge in [0.1, 0.15) is 6.29 Å². The van der Waals surface area contributed by atoms with Gasteiger partial charge in [-0.3, -0.25) is 4.98 Å². The molecule has 1 aromatic carbocycles. The van der Waals surface area contributed by atoms with Gasteiger partial charge < -0.3 is 4.79 Å². The predicted molar refractivity (Wildman–Crippen MR) is 66.0 cm³/mol. The Morgan fingerprint density at radius 2 is 2.12 bits per heavy atom. The van der Waals surface area contributed by atoms with Gasteiger partial charge in [-0.25, -0.2) is 0 Å². The summed E-state index contributed by atoms with van der Waals surface area (Å²) in [5.74, 6) is 0. The Labute approximate surface area is 99.3 Å². The van der Waals surface area contributed by atoms with Crippen LogP contribution in [-0.2, 0) is 11.2 Å². The van der Waals surface area contributed by atoms with E-state index in [1.165, 1.54) is 0 Å². The molecule has 0 unspecified atom stereocenters. The molecular formula is C13H12ClNO. The normalized spacial score (nSPS) is 10.7. The Balaban J connectivity index is 2.79. The number of aldehydes is 1. The molecule has 1 heterocycles. The molecule has 16 heavy (non-hydrogen) atoms. The number of aryl methyl sites for hydroxylation is 2. The van der Waals surface area contributed by atoms with E-state index >= 15 is 0 Å². The number of hydrogen-bond acceptors (Lipinski definition) is 2. The summed E-state index contributed by atoms with van der Waals surface area (Å²) in [6, 6.07) is 5.63. The molecule has 2 nitrogen and oxygen atoms in total. The van der Waals surface area contributed by atoms with E-state index in [2.05, 4.69) is 4.98 Å². The molecular weight excluding hydrogens is 222 g/mol. The van der Waals surface area contributed by atoms with Gasteiger partial charge in [-0.2, -0.15) is 0 Å². The van der Waals surface area contributed by atoms with Crippen molar-refractivity contribution in [2.75, 3.05) is 0 Å². The molecule has 0 aliphatic carbocycles. The molecule has 0 fully saturated rings. The molecule has 2 aromatic rings. The molecule has 0 atom stereocenters. The van der Waals surface area contributed by atoms with Crippen molar-refractivity contribution in [3.63, 3.8) is 0 Å². The fourth-order valence-electron chi connectivity index (χ4n) is 1.97. The Morgan fingerprint density at radius 3 is 2.81 bits per heavy atom. The largest absolute Gasteiger partial charge is 0.303 e. The van der Waals surface area contributed by atoms with Gasteiger partial charge in [0.2, 0.25) is 0 Å². The number of aromatic nitrogens is 1. The fourth-order valence-corrected chi connectivity index (χ4v) is 2.14. The Hall–Kier alpha value is -1.41. The molecule has 0 radical (unpaired) electrons. The van der Waals surface area contributed by atoms with Crippen LogP contribution in [0.1, 0.15) is 16.8 Å². The van der Waals surface area contributed by atoms with Gasteiger partial charge in [0.25, 0.3) is 0 Å². The summed E-state index contributed by atoms with van der Waals surface area (Å²) >= 11 is 5.96. The highest BCUT2D eigenvalue weighted by Crippen LogP contribution is 2.25. The molecule has 3 heteroatoms. The number of carbonyl (C=O) groups is 1. The number of fused-ring (bicyclic) bond motifs is 1. The van der Waals surface area contributed by atoms with Crippen molar-refractivity contribution >= 4 is 28.8 Å². The van der Waals surface area contributed by atoms with Crippen molar-refractivity contribution in [2.24, 2.45) is 0 Å². The highest BCUT2D eigenvalue weighted by Gasteiger charge is 2.08. The van der Waals surface area contributed by atoms with Crippen LogP contribution < -0.4 is 0 Å². The summed E-state index contributed by atoms with van der Waals surface area (Å²) in [5.41, 5.74) is 3.94. The van der Waals surface area contributed by atoms with E-state index in [4.69, 9.17) is 11.6 Å². The number of rotatable bonds is 2. The maximum atomic E-state index is 10.6. The lowest BCUT2D eigenvalue weighted by atomic mass is 10.0. The summed E-state index contributed by atoms with van der Waals surface area (Å²) < 4.78 is 0. The number of benzene rings is 1. The number of hydrogen-bond donors (Lipinski definition) is 0. The Kier molecular flexibility index (Phi) is 2.92. The number of pyridine rings is 1. The van der Waals surface area contributed by atoms with E-state index in [0.717, 1.165) is 34.0 Å². The first-order valence-corrected chi connectivity index (χ1v) is 5.50. The summed E-state index contributed by atoms with van der Waals surface area (Å²) in [4.78, 5) is 15.1. The third-order valence-corrected chi connectivity index (χ3v) is 3.06. The molecule has 0 N–H and O–H groups in total.